The molecule has 2 fully saturated rings. The number of carbonyl (C=O) groups is 1. The highest BCUT2D eigenvalue weighted by molar-refractivity contribution is 7.91. The molecule has 4 unspecified atom stereocenters. The molecule has 1 heterocycles. The van der Waals surface area contributed by atoms with Gasteiger partial charge >= 0.3 is 0 Å². The maximum absolute atomic E-state index is 12.1. The third kappa shape index (κ3) is 3.94. The summed E-state index contributed by atoms with van der Waals surface area (Å²) >= 11 is 0. The Kier molecular flexibility index (Phi) is 4.49. The second kappa shape index (κ2) is 6.26. The second-order valence-corrected chi connectivity index (χ2v) is 9.22. The number of amides is 1. The molecule has 0 saturated heterocycles. The SMILES string of the molecule is Cc1cc(CS(=O)(=O)CC(=O)NC(C)C2CC3CCC2C3)no1. The molecular weight excluding hydrogens is 316 g/mol. The van der Waals surface area contributed by atoms with Gasteiger partial charge in [0.05, 0.1) is 11.4 Å². The summed E-state index contributed by atoms with van der Waals surface area (Å²) in [6.45, 7) is 3.70. The predicted molar refractivity (Wildman–Crippen MR) is 85.3 cm³/mol. The van der Waals surface area contributed by atoms with Gasteiger partial charge in [-0.3, -0.25) is 4.79 Å². The topological polar surface area (TPSA) is 89.3 Å². The van der Waals surface area contributed by atoms with Crippen molar-refractivity contribution in [2.75, 3.05) is 5.75 Å². The van der Waals surface area contributed by atoms with Crippen LogP contribution in [0.5, 0.6) is 0 Å². The van der Waals surface area contributed by atoms with E-state index in [0.29, 0.717) is 23.3 Å². The average Bonchev–Trinajstić information content (AvgIpc) is 3.14. The molecule has 3 rings (SSSR count). The number of nitrogens with one attached hydrogen (secondary N) is 1. The highest BCUT2D eigenvalue weighted by Gasteiger charge is 2.42. The van der Waals surface area contributed by atoms with Gasteiger partial charge in [-0.05, 0) is 50.9 Å². The van der Waals surface area contributed by atoms with Crippen molar-refractivity contribution >= 4 is 15.7 Å². The largest absolute Gasteiger partial charge is 0.361 e. The summed E-state index contributed by atoms with van der Waals surface area (Å²) in [7, 11) is -3.53. The Balaban J connectivity index is 1.52. The minimum Gasteiger partial charge on any atom is -0.361 e. The molecule has 7 heteroatoms. The smallest absolute Gasteiger partial charge is 0.235 e. The number of fused-ring (bicyclic) bond motifs is 2. The standard InChI is InChI=1S/C16H24N2O4S/c1-10-5-14(18-22-10)8-23(20,21)9-16(19)17-11(2)15-7-12-3-4-13(15)6-12/h5,11-13,15H,3-4,6-9H2,1-2H3,(H,17,19). The summed E-state index contributed by atoms with van der Waals surface area (Å²) in [5.41, 5.74) is 0.344. The summed E-state index contributed by atoms with van der Waals surface area (Å²) in [5, 5.41) is 6.56. The fraction of sp³-hybridized carbons (Fsp3) is 0.750. The zero-order valence-corrected chi connectivity index (χ0v) is 14.4. The molecule has 2 saturated carbocycles. The first-order valence-electron chi connectivity index (χ1n) is 8.24. The van der Waals surface area contributed by atoms with Crippen molar-refractivity contribution in [1.29, 1.82) is 0 Å². The van der Waals surface area contributed by atoms with Crippen molar-refractivity contribution < 1.29 is 17.7 Å². The summed E-state index contributed by atoms with van der Waals surface area (Å²) in [6.07, 6.45) is 5.00. The number of hydrogen-bond donors (Lipinski definition) is 1. The van der Waals surface area contributed by atoms with E-state index in [1.807, 2.05) is 6.92 Å². The van der Waals surface area contributed by atoms with Gasteiger partial charge in [0.2, 0.25) is 5.91 Å². The first-order valence-corrected chi connectivity index (χ1v) is 10.1. The molecule has 128 valence electrons. The molecule has 4 atom stereocenters. The number of sulfone groups is 1. The molecule has 1 N–H and O–H groups in total. The fourth-order valence-corrected chi connectivity index (χ4v) is 5.44. The van der Waals surface area contributed by atoms with E-state index in [0.717, 1.165) is 12.3 Å². The van der Waals surface area contributed by atoms with Crippen LogP contribution in [0.1, 0.15) is 44.1 Å². The van der Waals surface area contributed by atoms with Gasteiger partial charge in [0.15, 0.2) is 9.84 Å². The van der Waals surface area contributed by atoms with E-state index in [1.165, 1.54) is 19.3 Å². The molecule has 2 aliphatic rings. The number of rotatable bonds is 6. The third-order valence-electron chi connectivity index (χ3n) is 5.22. The van der Waals surface area contributed by atoms with Crippen molar-refractivity contribution in [3.05, 3.63) is 17.5 Å². The molecular formula is C16H24N2O4S. The van der Waals surface area contributed by atoms with Crippen LogP contribution in [0.4, 0.5) is 0 Å². The van der Waals surface area contributed by atoms with E-state index in [9.17, 15) is 13.2 Å². The number of aromatic nitrogens is 1. The molecule has 0 aromatic carbocycles. The number of carbonyl (C=O) groups excluding carboxylic acids is 1. The lowest BCUT2D eigenvalue weighted by Gasteiger charge is -2.28. The van der Waals surface area contributed by atoms with Crippen LogP contribution in [0, 0.1) is 24.7 Å². The van der Waals surface area contributed by atoms with Crippen molar-refractivity contribution in [3.8, 4) is 0 Å². The Morgan fingerprint density at radius 2 is 2.22 bits per heavy atom. The molecule has 0 spiro atoms. The lowest BCUT2D eigenvalue weighted by Crippen LogP contribution is -2.42. The van der Waals surface area contributed by atoms with Crippen molar-refractivity contribution in [1.82, 2.24) is 10.5 Å². The summed E-state index contributed by atoms with van der Waals surface area (Å²) < 4.78 is 29.1. The van der Waals surface area contributed by atoms with Gasteiger partial charge in [-0.2, -0.15) is 0 Å². The van der Waals surface area contributed by atoms with Gasteiger partial charge < -0.3 is 9.84 Å². The molecule has 0 radical (unpaired) electrons. The highest BCUT2D eigenvalue weighted by Crippen LogP contribution is 2.49. The number of nitrogens with zero attached hydrogens (tertiary/aromatic N) is 1. The van der Waals surface area contributed by atoms with E-state index in [-0.39, 0.29) is 11.8 Å². The summed E-state index contributed by atoms with van der Waals surface area (Å²) in [4.78, 5) is 12.1. The second-order valence-electron chi connectivity index (χ2n) is 7.16. The van der Waals surface area contributed by atoms with Crippen molar-refractivity contribution in [3.63, 3.8) is 0 Å². The molecule has 0 aliphatic heterocycles. The molecule has 2 aliphatic carbocycles. The lowest BCUT2D eigenvalue weighted by atomic mass is 9.84. The molecule has 23 heavy (non-hydrogen) atoms. The van der Waals surface area contributed by atoms with Crippen molar-refractivity contribution in [2.45, 2.75) is 51.3 Å². The van der Waals surface area contributed by atoms with Crippen LogP contribution in [0.25, 0.3) is 0 Å². The quantitative estimate of drug-likeness (QED) is 0.853. The van der Waals surface area contributed by atoms with E-state index in [1.54, 1.807) is 13.0 Å². The number of aryl methyl sites for hydroxylation is 1. The Bertz CT molecular complexity index is 682. The zero-order valence-electron chi connectivity index (χ0n) is 13.6. The third-order valence-corrected chi connectivity index (χ3v) is 6.66. The first-order chi connectivity index (χ1) is 10.8. The highest BCUT2D eigenvalue weighted by atomic mass is 32.2. The van der Waals surface area contributed by atoms with Gasteiger partial charge in [-0.1, -0.05) is 11.6 Å². The predicted octanol–water partition coefficient (Wildman–Crippen LogP) is 1.84. The monoisotopic (exact) mass is 340 g/mol. The molecule has 2 bridgehead atoms. The Morgan fingerprint density at radius 1 is 1.43 bits per heavy atom. The average molecular weight is 340 g/mol. The summed E-state index contributed by atoms with van der Waals surface area (Å²) in [6, 6.07) is 1.62. The van der Waals surface area contributed by atoms with Crippen LogP contribution < -0.4 is 5.32 Å². The first kappa shape index (κ1) is 16.5. The lowest BCUT2D eigenvalue weighted by molar-refractivity contribution is -0.119. The Hall–Kier alpha value is -1.37. The van der Waals surface area contributed by atoms with E-state index >= 15 is 0 Å². The van der Waals surface area contributed by atoms with Gasteiger partial charge in [-0.25, -0.2) is 8.42 Å². The van der Waals surface area contributed by atoms with Gasteiger partial charge in [-0.15, -0.1) is 0 Å². The normalized spacial score (nSPS) is 28.0. The number of hydrogen-bond acceptors (Lipinski definition) is 5. The maximum atomic E-state index is 12.1. The summed E-state index contributed by atoms with van der Waals surface area (Å²) in [5.74, 6) is 1.39. The van der Waals surface area contributed by atoms with Crippen LogP contribution in [0.2, 0.25) is 0 Å². The minimum absolute atomic E-state index is 0.0438. The molecule has 1 aromatic rings. The molecule has 1 amide bonds. The Morgan fingerprint density at radius 3 is 2.78 bits per heavy atom. The van der Waals surface area contributed by atoms with Crippen LogP contribution in [0.15, 0.2) is 10.6 Å². The van der Waals surface area contributed by atoms with Gasteiger partial charge in [0.25, 0.3) is 0 Å². The van der Waals surface area contributed by atoms with E-state index in [2.05, 4.69) is 10.5 Å². The maximum Gasteiger partial charge on any atom is 0.235 e. The van der Waals surface area contributed by atoms with E-state index < -0.39 is 21.5 Å². The van der Waals surface area contributed by atoms with Crippen LogP contribution in [0.3, 0.4) is 0 Å². The van der Waals surface area contributed by atoms with Gasteiger partial charge in [0, 0.05) is 12.1 Å². The molecule has 6 nitrogen and oxygen atoms in total. The van der Waals surface area contributed by atoms with Crippen molar-refractivity contribution in [2.24, 2.45) is 17.8 Å². The van der Waals surface area contributed by atoms with Gasteiger partial charge in [0.1, 0.15) is 11.5 Å². The van der Waals surface area contributed by atoms with E-state index in [4.69, 9.17) is 4.52 Å². The van der Waals surface area contributed by atoms with Crippen LogP contribution in [-0.4, -0.2) is 31.3 Å². The Labute approximate surface area is 136 Å². The van der Waals surface area contributed by atoms with Crippen LogP contribution in [-0.2, 0) is 20.4 Å². The fourth-order valence-electron chi connectivity index (χ4n) is 4.27. The zero-order chi connectivity index (χ0) is 16.6. The van der Waals surface area contributed by atoms with Crippen LogP contribution >= 0.6 is 0 Å². The minimum atomic E-state index is -3.53. The molecule has 1 aromatic heterocycles.